The Morgan fingerprint density at radius 1 is 0.789 bits per heavy atom. The zero-order valence-corrected chi connectivity index (χ0v) is 10.7. The van der Waals surface area contributed by atoms with Crippen molar-refractivity contribution < 1.29 is 24.5 Å². The van der Waals surface area contributed by atoms with Crippen molar-refractivity contribution in [3.05, 3.63) is 35.4 Å². The molecule has 0 aliphatic carbocycles. The summed E-state index contributed by atoms with van der Waals surface area (Å²) in [6.45, 7) is 0.566. The van der Waals surface area contributed by atoms with E-state index in [1.165, 1.54) is 0 Å². The Hall–Kier alpha value is -1.72. The van der Waals surface area contributed by atoms with E-state index in [9.17, 15) is 9.59 Å². The molecule has 0 saturated carbocycles. The van der Waals surface area contributed by atoms with Gasteiger partial charge in [-0.15, -0.1) is 0 Å². The number of rotatable bonds is 5. The van der Waals surface area contributed by atoms with Gasteiger partial charge in [0.05, 0.1) is 11.1 Å². The van der Waals surface area contributed by atoms with Crippen LogP contribution in [-0.2, 0) is 4.74 Å². The van der Waals surface area contributed by atoms with E-state index in [1.54, 1.807) is 24.3 Å². The van der Waals surface area contributed by atoms with Crippen LogP contribution in [0.15, 0.2) is 24.3 Å². The van der Waals surface area contributed by atoms with E-state index in [0.717, 1.165) is 25.7 Å². The molecule has 0 atom stereocenters. The summed E-state index contributed by atoms with van der Waals surface area (Å²) in [6, 6.07) is 6.53. The molecule has 5 nitrogen and oxygen atoms in total. The zero-order valence-electron chi connectivity index (χ0n) is 10.7. The van der Waals surface area contributed by atoms with Crippen LogP contribution in [0.2, 0.25) is 0 Å². The molecule has 1 aliphatic heterocycles. The van der Waals surface area contributed by atoms with Crippen molar-refractivity contribution in [3.63, 3.8) is 0 Å². The predicted octanol–water partition coefficient (Wildman–Crippen LogP) is 1.53. The van der Waals surface area contributed by atoms with Gasteiger partial charge in [0, 0.05) is 13.2 Å². The third-order valence-electron chi connectivity index (χ3n) is 2.62. The van der Waals surface area contributed by atoms with Gasteiger partial charge in [-0.05, 0) is 25.0 Å². The van der Waals surface area contributed by atoms with Gasteiger partial charge in [-0.1, -0.05) is 25.0 Å². The SMILES string of the molecule is O=C1OC(=O)c2ccccc21.OCCCCCCO. The number of aliphatic hydroxyl groups is 2. The second kappa shape index (κ2) is 8.39. The van der Waals surface area contributed by atoms with Gasteiger partial charge in [-0.3, -0.25) is 0 Å². The summed E-state index contributed by atoms with van der Waals surface area (Å²) in [5, 5.41) is 16.6. The largest absolute Gasteiger partial charge is 0.396 e. The number of esters is 2. The molecule has 0 unspecified atom stereocenters. The number of aliphatic hydroxyl groups excluding tert-OH is 2. The van der Waals surface area contributed by atoms with Crippen molar-refractivity contribution in [3.8, 4) is 0 Å². The summed E-state index contributed by atoms with van der Waals surface area (Å²) in [6.07, 6.45) is 3.83. The molecule has 104 valence electrons. The van der Waals surface area contributed by atoms with Gasteiger partial charge >= 0.3 is 11.9 Å². The van der Waals surface area contributed by atoms with Crippen LogP contribution in [0.5, 0.6) is 0 Å². The lowest BCUT2D eigenvalue weighted by molar-refractivity contribution is 0.0444. The van der Waals surface area contributed by atoms with Crippen molar-refractivity contribution in [1.82, 2.24) is 0 Å². The molecule has 5 heteroatoms. The molecule has 1 aliphatic rings. The van der Waals surface area contributed by atoms with E-state index in [4.69, 9.17) is 10.2 Å². The number of benzene rings is 1. The average molecular weight is 266 g/mol. The molecule has 0 aromatic heterocycles. The number of hydrogen-bond acceptors (Lipinski definition) is 5. The van der Waals surface area contributed by atoms with E-state index < -0.39 is 11.9 Å². The standard InChI is InChI=1S/C8H4O3.C6H14O2/c9-7-5-3-1-2-4-6(5)8(10)11-7;7-5-3-1-2-4-6-8/h1-4H;7-8H,1-6H2. The quantitative estimate of drug-likeness (QED) is 0.479. The number of fused-ring (bicyclic) bond motifs is 1. The van der Waals surface area contributed by atoms with E-state index in [2.05, 4.69) is 4.74 Å². The monoisotopic (exact) mass is 266 g/mol. The Balaban J connectivity index is 0.000000203. The summed E-state index contributed by atoms with van der Waals surface area (Å²) in [5.41, 5.74) is 0.718. The lowest BCUT2D eigenvalue weighted by atomic mass is 10.1. The highest BCUT2D eigenvalue weighted by Gasteiger charge is 2.28. The van der Waals surface area contributed by atoms with Crippen LogP contribution in [0, 0.1) is 0 Å². The average Bonchev–Trinajstić information content (AvgIpc) is 2.72. The van der Waals surface area contributed by atoms with Gasteiger partial charge in [0.15, 0.2) is 0 Å². The first-order valence-corrected chi connectivity index (χ1v) is 6.28. The summed E-state index contributed by atoms with van der Waals surface area (Å²) in [5.74, 6) is -1.10. The molecule has 1 aromatic carbocycles. The smallest absolute Gasteiger partial charge is 0.346 e. The topological polar surface area (TPSA) is 83.8 Å². The third-order valence-corrected chi connectivity index (χ3v) is 2.62. The molecule has 1 heterocycles. The van der Waals surface area contributed by atoms with Crippen LogP contribution >= 0.6 is 0 Å². The number of ether oxygens (including phenoxy) is 1. The Morgan fingerprint density at radius 2 is 1.21 bits per heavy atom. The molecule has 0 radical (unpaired) electrons. The fraction of sp³-hybridized carbons (Fsp3) is 0.429. The molecular weight excluding hydrogens is 248 g/mol. The lowest BCUT2D eigenvalue weighted by Crippen LogP contribution is -1.96. The molecule has 0 saturated heterocycles. The van der Waals surface area contributed by atoms with Crippen LogP contribution in [0.25, 0.3) is 0 Å². The molecule has 19 heavy (non-hydrogen) atoms. The number of carbonyl (C=O) groups excluding carboxylic acids is 2. The Labute approximate surface area is 111 Å². The van der Waals surface area contributed by atoms with Crippen molar-refractivity contribution in [2.45, 2.75) is 25.7 Å². The minimum Gasteiger partial charge on any atom is -0.396 e. The van der Waals surface area contributed by atoms with E-state index in [-0.39, 0.29) is 13.2 Å². The first-order chi connectivity index (χ1) is 9.20. The van der Waals surface area contributed by atoms with Gasteiger partial charge in [-0.2, -0.15) is 0 Å². The molecule has 2 N–H and O–H groups in total. The molecule has 0 amide bonds. The highest BCUT2D eigenvalue weighted by molar-refractivity contribution is 6.14. The second-order valence-corrected chi connectivity index (χ2v) is 4.08. The maximum absolute atomic E-state index is 10.8. The van der Waals surface area contributed by atoms with Gasteiger partial charge in [0.2, 0.25) is 0 Å². The van der Waals surface area contributed by atoms with Crippen molar-refractivity contribution in [2.24, 2.45) is 0 Å². The highest BCUT2D eigenvalue weighted by atomic mass is 16.6. The van der Waals surface area contributed by atoms with Gasteiger partial charge in [-0.25, -0.2) is 9.59 Å². The summed E-state index contributed by atoms with van der Waals surface area (Å²) < 4.78 is 4.35. The Morgan fingerprint density at radius 3 is 1.58 bits per heavy atom. The molecule has 2 rings (SSSR count). The highest BCUT2D eigenvalue weighted by Crippen LogP contribution is 2.18. The van der Waals surface area contributed by atoms with Crippen LogP contribution in [0.4, 0.5) is 0 Å². The predicted molar refractivity (Wildman–Crippen MR) is 68.8 cm³/mol. The summed E-state index contributed by atoms with van der Waals surface area (Å²) in [4.78, 5) is 21.7. The first-order valence-electron chi connectivity index (χ1n) is 6.28. The van der Waals surface area contributed by atoms with E-state index in [1.807, 2.05) is 0 Å². The van der Waals surface area contributed by atoms with Gasteiger partial charge in [0.25, 0.3) is 0 Å². The number of cyclic esters (lactones) is 2. The maximum atomic E-state index is 10.8. The normalized spacial score (nSPS) is 12.5. The second-order valence-electron chi connectivity index (χ2n) is 4.08. The van der Waals surface area contributed by atoms with Gasteiger partial charge in [0.1, 0.15) is 0 Å². The van der Waals surface area contributed by atoms with Crippen LogP contribution in [0.3, 0.4) is 0 Å². The number of unbranched alkanes of at least 4 members (excludes halogenated alkanes) is 3. The first kappa shape index (κ1) is 15.3. The minimum atomic E-state index is -0.550. The van der Waals surface area contributed by atoms with Gasteiger partial charge < -0.3 is 14.9 Å². The van der Waals surface area contributed by atoms with E-state index >= 15 is 0 Å². The van der Waals surface area contributed by atoms with Crippen LogP contribution in [0.1, 0.15) is 46.4 Å². The molecule has 1 aromatic rings. The third kappa shape index (κ3) is 4.81. The lowest BCUT2D eigenvalue weighted by Gasteiger charge is -1.93. The fourth-order valence-electron chi connectivity index (χ4n) is 1.61. The van der Waals surface area contributed by atoms with Crippen LogP contribution < -0.4 is 0 Å². The summed E-state index contributed by atoms with van der Waals surface area (Å²) >= 11 is 0. The zero-order chi connectivity index (χ0) is 14.1. The number of hydrogen-bond donors (Lipinski definition) is 2. The molecule has 0 bridgehead atoms. The van der Waals surface area contributed by atoms with Crippen molar-refractivity contribution >= 4 is 11.9 Å². The molecule has 0 fully saturated rings. The molecule has 0 spiro atoms. The van der Waals surface area contributed by atoms with Crippen LogP contribution in [-0.4, -0.2) is 35.4 Å². The van der Waals surface area contributed by atoms with Crippen molar-refractivity contribution in [1.29, 1.82) is 0 Å². The Kier molecular flexibility index (Phi) is 6.78. The van der Waals surface area contributed by atoms with E-state index in [0.29, 0.717) is 11.1 Å². The fourth-order valence-corrected chi connectivity index (χ4v) is 1.61. The number of carbonyl (C=O) groups is 2. The van der Waals surface area contributed by atoms with Crippen molar-refractivity contribution in [2.75, 3.05) is 13.2 Å². The minimum absolute atomic E-state index is 0.283. The molecular formula is C14H18O5. The maximum Gasteiger partial charge on any atom is 0.346 e. The Bertz CT molecular complexity index is 389. The summed E-state index contributed by atoms with van der Waals surface area (Å²) in [7, 11) is 0.